The van der Waals surface area contributed by atoms with Gasteiger partial charge >= 0.3 is 0 Å². The summed E-state index contributed by atoms with van der Waals surface area (Å²) in [6.07, 6.45) is 0.786. The summed E-state index contributed by atoms with van der Waals surface area (Å²) in [5, 5.41) is 8.05. The molecule has 1 aromatic carbocycles. The molecule has 0 saturated heterocycles. The number of rotatable bonds is 4. The number of hydrogen-bond acceptors (Lipinski definition) is 5. The largest absolute Gasteiger partial charge is 0.482 e. The zero-order chi connectivity index (χ0) is 16.4. The molecule has 2 amide bonds. The predicted molar refractivity (Wildman–Crippen MR) is 89.8 cm³/mol. The molecule has 120 valence electrons. The Morgan fingerprint density at radius 2 is 2.35 bits per heavy atom. The molecule has 1 aliphatic rings. The van der Waals surface area contributed by atoms with Gasteiger partial charge in [-0.15, -0.1) is 11.3 Å². The standard InChI is InChI=1S/C16H17N3O3S/c1-3-9(2)15(21)19-16-18-12(8-23-16)10-4-5-13-11(6-10)17-14(20)7-22-13/h4-6,8-9H,3,7H2,1-2H3,(H,17,20)(H,18,19,21)/t9-/m1/s1. The van der Waals surface area contributed by atoms with Crippen LogP contribution in [0.15, 0.2) is 23.6 Å². The van der Waals surface area contributed by atoms with Crippen LogP contribution in [0.2, 0.25) is 0 Å². The quantitative estimate of drug-likeness (QED) is 0.902. The maximum atomic E-state index is 11.9. The van der Waals surface area contributed by atoms with Crippen LogP contribution in [0.4, 0.5) is 10.8 Å². The van der Waals surface area contributed by atoms with Crippen LogP contribution in [-0.2, 0) is 9.59 Å². The number of thiazole rings is 1. The number of amides is 2. The summed E-state index contributed by atoms with van der Waals surface area (Å²) in [5.74, 6) is 0.404. The first-order valence-electron chi connectivity index (χ1n) is 7.40. The molecule has 1 aromatic heterocycles. The van der Waals surface area contributed by atoms with Gasteiger partial charge in [-0.25, -0.2) is 4.98 Å². The molecule has 0 radical (unpaired) electrons. The number of aromatic nitrogens is 1. The van der Waals surface area contributed by atoms with Gasteiger partial charge in [0.15, 0.2) is 11.7 Å². The van der Waals surface area contributed by atoms with E-state index in [9.17, 15) is 9.59 Å². The van der Waals surface area contributed by atoms with Crippen LogP contribution in [0.5, 0.6) is 5.75 Å². The van der Waals surface area contributed by atoms with Gasteiger partial charge in [-0.3, -0.25) is 9.59 Å². The molecule has 0 unspecified atom stereocenters. The smallest absolute Gasteiger partial charge is 0.262 e. The lowest BCUT2D eigenvalue weighted by Crippen LogP contribution is -2.25. The van der Waals surface area contributed by atoms with Gasteiger partial charge in [0.25, 0.3) is 5.91 Å². The second kappa shape index (κ2) is 6.37. The Labute approximate surface area is 137 Å². The Morgan fingerprint density at radius 3 is 3.13 bits per heavy atom. The zero-order valence-electron chi connectivity index (χ0n) is 12.9. The molecule has 0 bridgehead atoms. The molecule has 2 aromatic rings. The van der Waals surface area contributed by atoms with Gasteiger partial charge in [0.2, 0.25) is 5.91 Å². The van der Waals surface area contributed by atoms with E-state index in [1.165, 1.54) is 11.3 Å². The first-order chi connectivity index (χ1) is 11.1. The van der Waals surface area contributed by atoms with E-state index in [1.54, 1.807) is 6.07 Å². The van der Waals surface area contributed by atoms with Crippen molar-refractivity contribution in [3.8, 4) is 17.0 Å². The lowest BCUT2D eigenvalue weighted by Gasteiger charge is -2.18. The van der Waals surface area contributed by atoms with Crippen LogP contribution < -0.4 is 15.4 Å². The SMILES string of the molecule is CC[C@@H](C)C(=O)Nc1nc(-c2ccc3c(c2)NC(=O)CO3)cs1. The van der Waals surface area contributed by atoms with E-state index >= 15 is 0 Å². The molecule has 3 rings (SSSR count). The second-order valence-corrected chi connectivity index (χ2v) is 6.24. The van der Waals surface area contributed by atoms with Crippen molar-refractivity contribution in [2.45, 2.75) is 20.3 Å². The summed E-state index contributed by atoms with van der Waals surface area (Å²) in [7, 11) is 0. The highest BCUT2D eigenvalue weighted by atomic mass is 32.1. The van der Waals surface area contributed by atoms with Gasteiger partial charge in [-0.05, 0) is 24.6 Å². The number of carbonyl (C=O) groups is 2. The first kappa shape index (κ1) is 15.5. The summed E-state index contributed by atoms with van der Waals surface area (Å²) in [6.45, 7) is 3.89. The van der Waals surface area contributed by atoms with Crippen molar-refractivity contribution in [2.75, 3.05) is 17.2 Å². The molecule has 1 atom stereocenters. The van der Waals surface area contributed by atoms with Crippen molar-refractivity contribution in [1.82, 2.24) is 4.98 Å². The van der Waals surface area contributed by atoms with Crippen molar-refractivity contribution in [3.05, 3.63) is 23.6 Å². The minimum absolute atomic E-state index is 0.0282. The van der Waals surface area contributed by atoms with Crippen LogP contribution in [0.1, 0.15) is 20.3 Å². The van der Waals surface area contributed by atoms with E-state index in [0.717, 1.165) is 17.7 Å². The zero-order valence-corrected chi connectivity index (χ0v) is 13.7. The molecule has 23 heavy (non-hydrogen) atoms. The van der Waals surface area contributed by atoms with E-state index in [2.05, 4.69) is 15.6 Å². The van der Waals surface area contributed by atoms with Crippen molar-refractivity contribution in [3.63, 3.8) is 0 Å². The summed E-state index contributed by atoms with van der Waals surface area (Å²) in [5.41, 5.74) is 2.24. The monoisotopic (exact) mass is 331 g/mol. The molecule has 2 N–H and O–H groups in total. The van der Waals surface area contributed by atoms with Crippen LogP contribution in [-0.4, -0.2) is 23.4 Å². The van der Waals surface area contributed by atoms with Crippen LogP contribution >= 0.6 is 11.3 Å². The van der Waals surface area contributed by atoms with Crippen LogP contribution in [0.3, 0.4) is 0 Å². The molecule has 7 heteroatoms. The molecular weight excluding hydrogens is 314 g/mol. The van der Waals surface area contributed by atoms with E-state index in [0.29, 0.717) is 16.6 Å². The Kier molecular flexibility index (Phi) is 4.29. The average Bonchev–Trinajstić information content (AvgIpc) is 3.01. The summed E-state index contributed by atoms with van der Waals surface area (Å²) < 4.78 is 5.34. The lowest BCUT2D eigenvalue weighted by molar-refractivity contribution is -0.119. The Balaban J connectivity index is 1.79. The number of anilines is 2. The van der Waals surface area contributed by atoms with E-state index in [1.807, 2.05) is 31.4 Å². The van der Waals surface area contributed by atoms with Gasteiger partial charge in [0, 0.05) is 16.9 Å². The minimum atomic E-state index is -0.172. The summed E-state index contributed by atoms with van der Waals surface area (Å²) >= 11 is 1.38. The number of nitrogens with zero attached hydrogens (tertiary/aromatic N) is 1. The number of carbonyl (C=O) groups excluding carboxylic acids is 2. The van der Waals surface area contributed by atoms with E-state index in [-0.39, 0.29) is 24.3 Å². The van der Waals surface area contributed by atoms with Gasteiger partial charge in [-0.1, -0.05) is 13.8 Å². The maximum Gasteiger partial charge on any atom is 0.262 e. The van der Waals surface area contributed by atoms with Crippen LogP contribution in [0.25, 0.3) is 11.3 Å². The van der Waals surface area contributed by atoms with Crippen molar-refractivity contribution < 1.29 is 14.3 Å². The summed E-state index contributed by atoms with van der Waals surface area (Å²) in [6, 6.07) is 5.51. The third-order valence-electron chi connectivity index (χ3n) is 3.70. The lowest BCUT2D eigenvalue weighted by atomic mass is 10.1. The second-order valence-electron chi connectivity index (χ2n) is 5.38. The number of hydrogen-bond donors (Lipinski definition) is 2. The molecule has 6 nitrogen and oxygen atoms in total. The molecule has 0 fully saturated rings. The highest BCUT2D eigenvalue weighted by Gasteiger charge is 2.17. The van der Waals surface area contributed by atoms with Gasteiger partial charge < -0.3 is 15.4 Å². The van der Waals surface area contributed by atoms with Crippen LogP contribution in [0, 0.1) is 5.92 Å². The number of nitrogens with one attached hydrogen (secondary N) is 2. The fourth-order valence-electron chi connectivity index (χ4n) is 2.12. The minimum Gasteiger partial charge on any atom is -0.482 e. The highest BCUT2D eigenvalue weighted by Crippen LogP contribution is 2.33. The Bertz CT molecular complexity index is 757. The van der Waals surface area contributed by atoms with Gasteiger partial charge in [-0.2, -0.15) is 0 Å². The van der Waals surface area contributed by atoms with Gasteiger partial charge in [0.05, 0.1) is 11.4 Å². The fourth-order valence-corrected chi connectivity index (χ4v) is 2.84. The fraction of sp³-hybridized carbons (Fsp3) is 0.312. The number of ether oxygens (including phenoxy) is 1. The maximum absolute atomic E-state index is 11.9. The summed E-state index contributed by atoms with van der Waals surface area (Å²) in [4.78, 5) is 27.7. The third-order valence-corrected chi connectivity index (χ3v) is 4.46. The van der Waals surface area contributed by atoms with Crippen molar-refractivity contribution >= 4 is 34.0 Å². The Morgan fingerprint density at radius 1 is 1.52 bits per heavy atom. The molecule has 1 aliphatic heterocycles. The molecule has 2 heterocycles. The Hall–Kier alpha value is -2.41. The van der Waals surface area contributed by atoms with E-state index in [4.69, 9.17) is 4.74 Å². The predicted octanol–water partition coefficient (Wildman–Crippen LogP) is 3.13. The molecule has 0 aliphatic carbocycles. The van der Waals surface area contributed by atoms with Gasteiger partial charge in [0.1, 0.15) is 5.75 Å². The topological polar surface area (TPSA) is 80.3 Å². The average molecular weight is 331 g/mol. The van der Waals surface area contributed by atoms with Crippen molar-refractivity contribution in [1.29, 1.82) is 0 Å². The first-order valence-corrected chi connectivity index (χ1v) is 8.28. The number of fused-ring (bicyclic) bond motifs is 1. The third kappa shape index (κ3) is 3.34. The molecule has 0 spiro atoms. The van der Waals surface area contributed by atoms with E-state index < -0.39 is 0 Å². The molecule has 0 saturated carbocycles. The molecular formula is C16H17N3O3S. The van der Waals surface area contributed by atoms with Crippen molar-refractivity contribution in [2.24, 2.45) is 5.92 Å². The number of benzene rings is 1. The normalized spacial score (nSPS) is 14.4. The highest BCUT2D eigenvalue weighted by molar-refractivity contribution is 7.14.